The van der Waals surface area contributed by atoms with Gasteiger partial charge in [0.25, 0.3) is 0 Å². The van der Waals surface area contributed by atoms with Crippen LogP contribution in [0.2, 0.25) is 0 Å². The van der Waals surface area contributed by atoms with Crippen molar-refractivity contribution in [2.75, 3.05) is 11.9 Å². The van der Waals surface area contributed by atoms with E-state index in [0.717, 1.165) is 43.5 Å². The molecule has 0 atom stereocenters. The molecule has 0 heterocycles. The summed E-state index contributed by atoms with van der Waals surface area (Å²) in [6.07, 6.45) is 3.41. The van der Waals surface area contributed by atoms with Gasteiger partial charge >= 0.3 is 5.97 Å². The van der Waals surface area contributed by atoms with E-state index in [0.29, 0.717) is 11.5 Å². The standard InChI is InChI=1S/C16H20N2O2/c1-11-2-5-14(9-17)15(8-11)18-10-12-3-6-13(7-4-12)16(19)20/h2,5,8,12-13,18H,3-4,6-7,10H2,1H3,(H,19,20). The minimum Gasteiger partial charge on any atom is -0.481 e. The van der Waals surface area contributed by atoms with E-state index < -0.39 is 5.97 Å². The fourth-order valence-electron chi connectivity index (χ4n) is 2.77. The van der Waals surface area contributed by atoms with Crippen molar-refractivity contribution in [3.63, 3.8) is 0 Å². The number of nitrogens with one attached hydrogen (secondary N) is 1. The van der Waals surface area contributed by atoms with E-state index >= 15 is 0 Å². The molecule has 1 aromatic carbocycles. The minimum atomic E-state index is -0.665. The summed E-state index contributed by atoms with van der Waals surface area (Å²) in [5.74, 6) is -0.334. The lowest BCUT2D eigenvalue weighted by molar-refractivity contribution is -0.143. The Hall–Kier alpha value is -2.02. The molecule has 0 aliphatic heterocycles. The SMILES string of the molecule is Cc1ccc(C#N)c(NCC2CCC(C(=O)O)CC2)c1. The summed E-state index contributed by atoms with van der Waals surface area (Å²) in [4.78, 5) is 10.9. The fourth-order valence-corrected chi connectivity index (χ4v) is 2.77. The molecule has 0 radical (unpaired) electrons. The van der Waals surface area contributed by atoms with Crippen molar-refractivity contribution in [1.29, 1.82) is 5.26 Å². The number of rotatable bonds is 4. The van der Waals surface area contributed by atoms with Crippen LogP contribution in [-0.2, 0) is 4.79 Å². The summed E-state index contributed by atoms with van der Waals surface area (Å²) in [7, 11) is 0. The van der Waals surface area contributed by atoms with Crippen LogP contribution in [0.5, 0.6) is 0 Å². The first kappa shape index (κ1) is 14.4. The van der Waals surface area contributed by atoms with E-state index in [9.17, 15) is 4.79 Å². The third kappa shape index (κ3) is 3.51. The van der Waals surface area contributed by atoms with Gasteiger partial charge in [0.15, 0.2) is 0 Å². The van der Waals surface area contributed by atoms with Crippen molar-refractivity contribution in [1.82, 2.24) is 0 Å². The fraction of sp³-hybridized carbons (Fsp3) is 0.500. The van der Waals surface area contributed by atoms with Crippen LogP contribution >= 0.6 is 0 Å². The number of aliphatic carboxylic acids is 1. The normalized spacial score (nSPS) is 22.0. The Labute approximate surface area is 119 Å². The molecule has 0 bridgehead atoms. The number of hydrogen-bond donors (Lipinski definition) is 2. The van der Waals surface area contributed by atoms with Crippen molar-refractivity contribution in [2.45, 2.75) is 32.6 Å². The van der Waals surface area contributed by atoms with Gasteiger partial charge in [0.1, 0.15) is 6.07 Å². The third-order valence-electron chi connectivity index (χ3n) is 4.07. The van der Waals surface area contributed by atoms with Gasteiger partial charge in [0.05, 0.1) is 17.2 Å². The highest BCUT2D eigenvalue weighted by molar-refractivity contribution is 5.70. The molecular weight excluding hydrogens is 252 g/mol. The Kier molecular flexibility index (Phi) is 4.62. The Morgan fingerprint density at radius 2 is 2.10 bits per heavy atom. The highest BCUT2D eigenvalue weighted by Crippen LogP contribution is 2.29. The van der Waals surface area contributed by atoms with Gasteiger partial charge < -0.3 is 10.4 Å². The van der Waals surface area contributed by atoms with E-state index in [-0.39, 0.29) is 5.92 Å². The molecule has 0 amide bonds. The number of aryl methyl sites for hydroxylation is 1. The number of nitriles is 1. The molecule has 1 aromatic rings. The lowest BCUT2D eigenvalue weighted by Gasteiger charge is -2.26. The molecule has 20 heavy (non-hydrogen) atoms. The lowest BCUT2D eigenvalue weighted by atomic mass is 9.82. The summed E-state index contributed by atoms with van der Waals surface area (Å²) in [6.45, 7) is 2.81. The maximum absolute atomic E-state index is 10.9. The van der Waals surface area contributed by atoms with Crippen molar-refractivity contribution >= 4 is 11.7 Å². The van der Waals surface area contributed by atoms with Crippen LogP contribution in [-0.4, -0.2) is 17.6 Å². The quantitative estimate of drug-likeness (QED) is 0.883. The van der Waals surface area contributed by atoms with Crippen molar-refractivity contribution in [3.8, 4) is 6.07 Å². The summed E-state index contributed by atoms with van der Waals surface area (Å²) < 4.78 is 0. The third-order valence-corrected chi connectivity index (χ3v) is 4.07. The molecule has 1 aliphatic carbocycles. The molecular formula is C16H20N2O2. The Morgan fingerprint density at radius 3 is 2.70 bits per heavy atom. The van der Waals surface area contributed by atoms with Crippen LogP contribution in [0, 0.1) is 30.1 Å². The maximum Gasteiger partial charge on any atom is 0.306 e. The van der Waals surface area contributed by atoms with Crippen LogP contribution in [0.4, 0.5) is 5.69 Å². The number of anilines is 1. The number of hydrogen-bond acceptors (Lipinski definition) is 3. The second kappa shape index (κ2) is 6.42. The number of carboxylic acid groups (broad SMARTS) is 1. The number of carbonyl (C=O) groups is 1. The van der Waals surface area contributed by atoms with E-state index in [4.69, 9.17) is 10.4 Å². The Bertz CT molecular complexity index is 526. The zero-order chi connectivity index (χ0) is 14.5. The average molecular weight is 272 g/mol. The smallest absolute Gasteiger partial charge is 0.306 e. The molecule has 0 saturated heterocycles. The van der Waals surface area contributed by atoms with Gasteiger partial charge in [-0.1, -0.05) is 6.07 Å². The van der Waals surface area contributed by atoms with E-state index in [1.54, 1.807) is 0 Å². The topological polar surface area (TPSA) is 73.1 Å². The van der Waals surface area contributed by atoms with E-state index in [1.807, 2.05) is 25.1 Å². The molecule has 1 aliphatic rings. The van der Waals surface area contributed by atoms with Crippen LogP contribution < -0.4 is 5.32 Å². The van der Waals surface area contributed by atoms with Gasteiger partial charge in [0, 0.05) is 6.54 Å². The molecule has 1 fully saturated rings. The Balaban J connectivity index is 1.89. The molecule has 4 heteroatoms. The van der Waals surface area contributed by atoms with Crippen molar-refractivity contribution in [2.24, 2.45) is 11.8 Å². The molecule has 2 rings (SSSR count). The monoisotopic (exact) mass is 272 g/mol. The highest BCUT2D eigenvalue weighted by Gasteiger charge is 2.25. The summed E-state index contributed by atoms with van der Waals surface area (Å²) >= 11 is 0. The molecule has 1 saturated carbocycles. The molecule has 0 spiro atoms. The largest absolute Gasteiger partial charge is 0.481 e. The second-order valence-corrected chi connectivity index (χ2v) is 5.60. The van der Waals surface area contributed by atoms with Gasteiger partial charge in [-0.15, -0.1) is 0 Å². The summed E-state index contributed by atoms with van der Waals surface area (Å²) in [5, 5.41) is 21.4. The van der Waals surface area contributed by atoms with Gasteiger partial charge in [-0.3, -0.25) is 4.79 Å². The molecule has 106 valence electrons. The minimum absolute atomic E-state index is 0.167. The summed E-state index contributed by atoms with van der Waals surface area (Å²) in [6, 6.07) is 7.94. The predicted octanol–water partition coefficient (Wildman–Crippen LogP) is 3.17. The zero-order valence-electron chi connectivity index (χ0n) is 11.7. The van der Waals surface area contributed by atoms with Gasteiger partial charge in [-0.25, -0.2) is 0 Å². The van der Waals surface area contributed by atoms with Crippen LogP contribution in [0.25, 0.3) is 0 Å². The molecule has 2 N–H and O–H groups in total. The lowest BCUT2D eigenvalue weighted by Crippen LogP contribution is -2.25. The van der Waals surface area contributed by atoms with Crippen LogP contribution in [0.15, 0.2) is 18.2 Å². The first-order chi connectivity index (χ1) is 9.60. The van der Waals surface area contributed by atoms with Gasteiger partial charge in [0.2, 0.25) is 0 Å². The summed E-state index contributed by atoms with van der Waals surface area (Å²) in [5.41, 5.74) is 2.67. The second-order valence-electron chi connectivity index (χ2n) is 5.60. The number of benzene rings is 1. The number of carboxylic acids is 1. The van der Waals surface area contributed by atoms with Gasteiger partial charge in [-0.2, -0.15) is 5.26 Å². The average Bonchev–Trinajstić information content (AvgIpc) is 2.45. The van der Waals surface area contributed by atoms with Crippen LogP contribution in [0.3, 0.4) is 0 Å². The molecule has 0 aromatic heterocycles. The zero-order valence-corrected chi connectivity index (χ0v) is 11.7. The maximum atomic E-state index is 10.9. The first-order valence-corrected chi connectivity index (χ1v) is 7.07. The van der Waals surface area contributed by atoms with E-state index in [2.05, 4.69) is 11.4 Å². The van der Waals surface area contributed by atoms with E-state index in [1.165, 1.54) is 0 Å². The van der Waals surface area contributed by atoms with Crippen molar-refractivity contribution in [3.05, 3.63) is 29.3 Å². The van der Waals surface area contributed by atoms with Crippen LogP contribution in [0.1, 0.15) is 36.8 Å². The molecule has 4 nitrogen and oxygen atoms in total. The van der Waals surface area contributed by atoms with Gasteiger partial charge in [-0.05, 0) is 56.2 Å². The highest BCUT2D eigenvalue weighted by atomic mass is 16.4. The van der Waals surface area contributed by atoms with Crippen molar-refractivity contribution < 1.29 is 9.90 Å². The first-order valence-electron chi connectivity index (χ1n) is 7.07. The predicted molar refractivity (Wildman–Crippen MR) is 77.5 cm³/mol. The molecule has 0 unspecified atom stereocenters. The Morgan fingerprint density at radius 1 is 1.40 bits per heavy atom. The number of nitrogens with zero attached hydrogens (tertiary/aromatic N) is 1.